The van der Waals surface area contributed by atoms with Crippen molar-refractivity contribution in [1.29, 1.82) is 0 Å². The van der Waals surface area contributed by atoms with Crippen LogP contribution >= 0.6 is 11.6 Å². The standard InChI is InChI=1S/C22H19ClF4N2O4/c23-16-6-5-15(7-17(16)24)32-9-18(30)29-21-10-20(11-21,12-21)19(31)28-8-13-1-3-14(4-2-13)33-22(25,26)27/h1-7H,8-12H2,(H,28,31)(H,29,30). The van der Waals surface area contributed by atoms with E-state index >= 15 is 0 Å². The van der Waals surface area contributed by atoms with Crippen molar-refractivity contribution in [2.24, 2.45) is 5.41 Å². The van der Waals surface area contributed by atoms with E-state index in [0.717, 1.165) is 6.07 Å². The Labute approximate surface area is 191 Å². The largest absolute Gasteiger partial charge is 0.573 e. The number of hydrogen-bond donors (Lipinski definition) is 2. The van der Waals surface area contributed by atoms with E-state index in [9.17, 15) is 27.2 Å². The SMILES string of the molecule is O=C(COc1ccc(Cl)c(F)c1)NC12CC(C(=O)NCc3ccc(OC(F)(F)F)cc3)(C1)C2. The Balaban J connectivity index is 1.19. The summed E-state index contributed by atoms with van der Waals surface area (Å²) in [5.41, 5.74) is -0.366. The minimum absolute atomic E-state index is 0.0447. The zero-order valence-corrected chi connectivity index (χ0v) is 17.9. The molecule has 0 radical (unpaired) electrons. The summed E-state index contributed by atoms with van der Waals surface area (Å²) in [4.78, 5) is 24.7. The summed E-state index contributed by atoms with van der Waals surface area (Å²) in [5.74, 6) is -1.34. The number of amides is 2. The molecule has 0 atom stereocenters. The van der Waals surface area contributed by atoms with Crippen molar-refractivity contribution in [1.82, 2.24) is 10.6 Å². The van der Waals surface area contributed by atoms with E-state index in [2.05, 4.69) is 15.4 Å². The molecule has 2 aromatic rings. The maximum Gasteiger partial charge on any atom is 0.573 e. The highest BCUT2D eigenvalue weighted by Crippen LogP contribution is 2.67. The van der Waals surface area contributed by atoms with Crippen LogP contribution in [0.25, 0.3) is 0 Å². The lowest BCUT2D eigenvalue weighted by Crippen LogP contribution is -2.78. The first kappa shape index (κ1) is 23.2. The van der Waals surface area contributed by atoms with Gasteiger partial charge in [0.15, 0.2) is 6.61 Å². The van der Waals surface area contributed by atoms with Crippen molar-refractivity contribution >= 4 is 23.4 Å². The molecule has 3 aliphatic carbocycles. The summed E-state index contributed by atoms with van der Waals surface area (Å²) in [7, 11) is 0. The Bertz CT molecular complexity index is 1060. The predicted octanol–water partition coefficient (Wildman–Crippen LogP) is 4.11. The van der Waals surface area contributed by atoms with Gasteiger partial charge in [-0.15, -0.1) is 13.2 Å². The van der Waals surface area contributed by atoms with Crippen LogP contribution in [-0.2, 0) is 16.1 Å². The molecule has 0 aromatic heterocycles. The van der Waals surface area contributed by atoms with Crippen LogP contribution in [0.2, 0.25) is 5.02 Å². The monoisotopic (exact) mass is 486 g/mol. The van der Waals surface area contributed by atoms with Crippen LogP contribution in [0, 0.1) is 11.2 Å². The third kappa shape index (κ3) is 5.16. The van der Waals surface area contributed by atoms with Gasteiger partial charge in [-0.25, -0.2) is 4.39 Å². The van der Waals surface area contributed by atoms with Gasteiger partial charge in [-0.2, -0.15) is 0 Å². The minimum Gasteiger partial charge on any atom is -0.484 e. The molecule has 0 heterocycles. The van der Waals surface area contributed by atoms with E-state index in [-0.39, 0.29) is 41.5 Å². The molecular weight excluding hydrogens is 468 g/mol. The van der Waals surface area contributed by atoms with Gasteiger partial charge in [-0.05, 0) is 49.1 Å². The van der Waals surface area contributed by atoms with E-state index in [0.29, 0.717) is 24.8 Å². The summed E-state index contributed by atoms with van der Waals surface area (Å²) in [6.07, 6.45) is -3.28. The average molecular weight is 487 g/mol. The molecular formula is C22H19ClF4N2O4. The number of halogens is 5. The summed E-state index contributed by atoms with van der Waals surface area (Å²) >= 11 is 5.60. The number of carbonyl (C=O) groups excluding carboxylic acids is 2. The lowest BCUT2D eigenvalue weighted by Gasteiger charge is -2.69. The van der Waals surface area contributed by atoms with Crippen molar-refractivity contribution < 1.29 is 36.6 Å². The highest BCUT2D eigenvalue weighted by molar-refractivity contribution is 6.30. The van der Waals surface area contributed by atoms with Gasteiger partial charge < -0.3 is 20.1 Å². The van der Waals surface area contributed by atoms with Gasteiger partial charge >= 0.3 is 6.36 Å². The smallest absolute Gasteiger partial charge is 0.484 e. The lowest BCUT2D eigenvalue weighted by atomic mass is 9.39. The fraction of sp³-hybridized carbons (Fsp3) is 0.364. The van der Waals surface area contributed by atoms with Crippen LogP contribution in [-0.4, -0.2) is 30.3 Å². The van der Waals surface area contributed by atoms with E-state index < -0.39 is 23.1 Å². The summed E-state index contributed by atoms with van der Waals surface area (Å²) in [5, 5.41) is 5.61. The van der Waals surface area contributed by atoms with Crippen LogP contribution in [0.1, 0.15) is 24.8 Å². The molecule has 0 aliphatic heterocycles. The van der Waals surface area contributed by atoms with Gasteiger partial charge in [-0.1, -0.05) is 23.7 Å². The third-order valence-electron chi connectivity index (χ3n) is 5.79. The molecule has 3 aliphatic rings. The molecule has 6 nitrogen and oxygen atoms in total. The van der Waals surface area contributed by atoms with E-state index in [1.165, 1.54) is 36.4 Å². The Morgan fingerprint density at radius 3 is 2.27 bits per heavy atom. The predicted molar refractivity (Wildman–Crippen MR) is 109 cm³/mol. The Hall–Kier alpha value is -3.01. The summed E-state index contributed by atoms with van der Waals surface area (Å²) < 4.78 is 59.1. The molecule has 0 saturated heterocycles. The molecule has 3 saturated carbocycles. The molecule has 3 fully saturated rings. The van der Waals surface area contributed by atoms with Crippen molar-refractivity contribution in [3.05, 3.63) is 58.9 Å². The zero-order valence-electron chi connectivity index (χ0n) is 17.1. The van der Waals surface area contributed by atoms with Crippen molar-refractivity contribution in [3.8, 4) is 11.5 Å². The number of nitrogens with one attached hydrogen (secondary N) is 2. The fourth-order valence-corrected chi connectivity index (χ4v) is 4.51. The minimum atomic E-state index is -4.76. The van der Waals surface area contributed by atoms with Crippen LogP contribution in [0.5, 0.6) is 11.5 Å². The number of carbonyl (C=O) groups is 2. The highest BCUT2D eigenvalue weighted by Gasteiger charge is 2.72. The van der Waals surface area contributed by atoms with E-state index in [4.69, 9.17) is 16.3 Å². The molecule has 11 heteroatoms. The number of alkyl halides is 3. The Morgan fingerprint density at radius 2 is 1.67 bits per heavy atom. The normalized spacial score (nSPS) is 23.1. The third-order valence-corrected chi connectivity index (χ3v) is 6.09. The second-order valence-electron chi connectivity index (χ2n) is 8.38. The maximum atomic E-state index is 13.4. The van der Waals surface area contributed by atoms with Crippen molar-refractivity contribution in [2.75, 3.05) is 6.61 Å². The first-order valence-corrected chi connectivity index (χ1v) is 10.4. The molecule has 2 aromatic carbocycles. The van der Waals surface area contributed by atoms with Crippen LogP contribution < -0.4 is 20.1 Å². The summed E-state index contributed by atoms with van der Waals surface area (Å²) in [6, 6.07) is 9.12. The quantitative estimate of drug-likeness (QED) is 0.551. The number of benzene rings is 2. The molecule has 0 unspecified atom stereocenters. The lowest BCUT2D eigenvalue weighted by molar-refractivity contribution is -0.274. The highest BCUT2D eigenvalue weighted by atomic mass is 35.5. The molecule has 2 N–H and O–H groups in total. The number of hydrogen-bond acceptors (Lipinski definition) is 4. The average Bonchev–Trinajstić information content (AvgIpc) is 2.68. The van der Waals surface area contributed by atoms with Crippen LogP contribution in [0.15, 0.2) is 42.5 Å². The van der Waals surface area contributed by atoms with Crippen LogP contribution in [0.3, 0.4) is 0 Å². The molecule has 5 rings (SSSR count). The first-order valence-electron chi connectivity index (χ1n) is 10.00. The van der Waals surface area contributed by atoms with Gasteiger partial charge in [0, 0.05) is 18.2 Å². The van der Waals surface area contributed by atoms with E-state index in [1.54, 1.807) is 0 Å². The maximum absolute atomic E-state index is 13.4. The molecule has 176 valence electrons. The number of rotatable bonds is 8. The van der Waals surface area contributed by atoms with Crippen LogP contribution in [0.4, 0.5) is 17.6 Å². The van der Waals surface area contributed by atoms with Crippen molar-refractivity contribution in [3.63, 3.8) is 0 Å². The zero-order chi connectivity index (χ0) is 23.9. The van der Waals surface area contributed by atoms with Gasteiger partial charge in [0.05, 0.1) is 10.4 Å². The molecule has 33 heavy (non-hydrogen) atoms. The Kier molecular flexibility index (Phi) is 5.90. The molecule has 0 spiro atoms. The van der Waals surface area contributed by atoms with E-state index in [1.807, 2.05) is 0 Å². The second kappa shape index (κ2) is 8.40. The second-order valence-corrected chi connectivity index (χ2v) is 8.79. The number of ether oxygens (including phenoxy) is 2. The molecule has 2 amide bonds. The van der Waals surface area contributed by atoms with Gasteiger partial charge in [0.1, 0.15) is 17.3 Å². The van der Waals surface area contributed by atoms with Crippen molar-refractivity contribution in [2.45, 2.75) is 37.7 Å². The molecule has 2 bridgehead atoms. The first-order chi connectivity index (χ1) is 15.5. The Morgan fingerprint density at radius 1 is 1.03 bits per heavy atom. The van der Waals surface area contributed by atoms with Gasteiger partial charge in [0.25, 0.3) is 5.91 Å². The fourth-order valence-electron chi connectivity index (χ4n) is 4.39. The summed E-state index contributed by atoms with van der Waals surface area (Å²) in [6.45, 7) is -0.131. The van der Waals surface area contributed by atoms with Gasteiger partial charge in [-0.3, -0.25) is 9.59 Å². The van der Waals surface area contributed by atoms with Gasteiger partial charge in [0.2, 0.25) is 5.91 Å². The topological polar surface area (TPSA) is 76.7 Å².